The summed E-state index contributed by atoms with van der Waals surface area (Å²) in [5.74, 6) is 1.57. The van der Waals surface area contributed by atoms with Crippen LogP contribution in [0.4, 0.5) is 0 Å². The smallest absolute Gasteiger partial charge is 0.247 e. The number of hydrogen-bond acceptors (Lipinski definition) is 4. The minimum absolute atomic E-state index is 0.0152. The van der Waals surface area contributed by atoms with Crippen LogP contribution in [-0.4, -0.2) is 29.7 Å². The van der Waals surface area contributed by atoms with Crippen molar-refractivity contribution in [3.63, 3.8) is 0 Å². The van der Waals surface area contributed by atoms with Crippen molar-refractivity contribution in [2.24, 2.45) is 5.73 Å². The third-order valence-electron chi connectivity index (χ3n) is 3.35. The number of unbranched alkanes of at least 4 members (excludes halogenated alkanes) is 1. The zero-order valence-electron chi connectivity index (χ0n) is 11.8. The van der Waals surface area contributed by atoms with Gasteiger partial charge in [0, 0.05) is 0 Å². The quantitative estimate of drug-likeness (QED) is 0.631. The second-order valence-electron chi connectivity index (χ2n) is 4.83. The van der Waals surface area contributed by atoms with Crippen molar-refractivity contribution in [2.45, 2.75) is 25.9 Å². The molecule has 0 fully saturated rings. The zero-order valence-corrected chi connectivity index (χ0v) is 11.8. The van der Waals surface area contributed by atoms with E-state index in [4.69, 9.17) is 10.5 Å². The number of aliphatic hydroxyl groups is 1. The van der Waals surface area contributed by atoms with Crippen LogP contribution >= 0.6 is 0 Å². The van der Waals surface area contributed by atoms with Crippen LogP contribution in [0.15, 0.2) is 23.8 Å². The molecule has 0 saturated heterocycles. The van der Waals surface area contributed by atoms with Crippen molar-refractivity contribution in [3.8, 4) is 5.75 Å². The molecule has 110 valence electrons. The second kappa shape index (κ2) is 6.39. The highest BCUT2D eigenvalue weighted by atomic mass is 16.5. The normalized spacial score (nSPS) is 16.8. The lowest BCUT2D eigenvalue weighted by Gasteiger charge is -2.21. The van der Waals surface area contributed by atoms with Gasteiger partial charge in [-0.05, 0) is 41.8 Å². The van der Waals surface area contributed by atoms with Crippen LogP contribution in [0, 0.1) is 0 Å². The molecule has 1 amide bonds. The first kappa shape index (κ1) is 15.0. The molecule has 5 heteroatoms. The molecule has 21 heavy (non-hydrogen) atoms. The Balaban J connectivity index is 2.41. The van der Waals surface area contributed by atoms with Gasteiger partial charge in [0.15, 0.2) is 0 Å². The summed E-state index contributed by atoms with van der Waals surface area (Å²) in [6.07, 6.45) is 2.12. The molecule has 5 nitrogen and oxygen atoms in total. The lowest BCUT2D eigenvalue weighted by atomic mass is 9.86. The molecule has 1 aromatic carbocycles. The molecule has 1 unspecified atom stereocenters. The summed E-state index contributed by atoms with van der Waals surface area (Å²) in [6, 6.07) is 5.12. The number of aliphatic hydroxyl groups excluding tert-OH is 1. The van der Waals surface area contributed by atoms with E-state index in [1.807, 2.05) is 0 Å². The van der Waals surface area contributed by atoms with Gasteiger partial charge in [0.25, 0.3) is 0 Å². The number of carbonyl (C=O) groups excluding carboxylic acids is 2. The summed E-state index contributed by atoms with van der Waals surface area (Å²) in [7, 11) is 0. The number of primary amides is 1. The van der Waals surface area contributed by atoms with E-state index in [1.54, 1.807) is 24.1 Å². The number of hydrogen-bond donors (Lipinski definition) is 2. The average Bonchev–Trinajstić information content (AvgIpc) is 2.47. The van der Waals surface area contributed by atoms with Crippen LogP contribution in [0.2, 0.25) is 0 Å². The highest BCUT2D eigenvalue weighted by molar-refractivity contribution is 6.08. The summed E-state index contributed by atoms with van der Waals surface area (Å²) in [5, 5.41) is 9.99. The predicted molar refractivity (Wildman–Crippen MR) is 79.1 cm³/mol. The molecule has 0 aromatic heterocycles. The number of rotatable bonds is 5. The second-order valence-corrected chi connectivity index (χ2v) is 4.83. The van der Waals surface area contributed by atoms with E-state index in [1.165, 1.54) is 6.08 Å². The number of fused-ring (bicyclic) bond motifs is 1. The van der Waals surface area contributed by atoms with Crippen LogP contribution < -0.4 is 10.5 Å². The first-order chi connectivity index (χ1) is 10.1. The summed E-state index contributed by atoms with van der Waals surface area (Å²) < 4.78 is 5.59. The maximum Gasteiger partial charge on any atom is 0.247 e. The number of nitrogens with two attached hydrogens (primary N) is 1. The van der Waals surface area contributed by atoms with Gasteiger partial charge in [-0.1, -0.05) is 13.3 Å². The topological polar surface area (TPSA) is 89.6 Å². The van der Waals surface area contributed by atoms with E-state index in [0.29, 0.717) is 23.5 Å². The number of amides is 1. The van der Waals surface area contributed by atoms with Crippen molar-refractivity contribution in [1.29, 1.82) is 0 Å². The molecule has 3 N–H and O–H groups in total. The van der Waals surface area contributed by atoms with Crippen molar-refractivity contribution in [1.82, 2.24) is 0 Å². The molecular formula is C16H17NO4. The van der Waals surface area contributed by atoms with Crippen LogP contribution in [-0.2, 0) is 9.59 Å². The molecule has 2 rings (SSSR count). The van der Waals surface area contributed by atoms with Crippen LogP contribution in [0.25, 0.3) is 11.6 Å². The Morgan fingerprint density at radius 1 is 1.48 bits per heavy atom. The highest BCUT2D eigenvalue weighted by Gasteiger charge is 2.28. The van der Waals surface area contributed by atoms with E-state index < -0.39 is 12.0 Å². The maximum absolute atomic E-state index is 11.4. The molecule has 1 aliphatic rings. The van der Waals surface area contributed by atoms with Crippen molar-refractivity contribution < 1.29 is 19.4 Å². The minimum Gasteiger partial charge on any atom is -0.494 e. The Morgan fingerprint density at radius 2 is 2.24 bits per heavy atom. The van der Waals surface area contributed by atoms with Crippen molar-refractivity contribution in [3.05, 3.63) is 34.9 Å². The Kier molecular flexibility index (Phi) is 4.58. The van der Waals surface area contributed by atoms with Crippen LogP contribution in [0.3, 0.4) is 0 Å². The molecule has 0 radical (unpaired) electrons. The van der Waals surface area contributed by atoms with E-state index in [0.717, 1.165) is 12.8 Å². The largest absolute Gasteiger partial charge is 0.494 e. The molecule has 0 bridgehead atoms. The van der Waals surface area contributed by atoms with Crippen LogP contribution in [0.5, 0.6) is 5.75 Å². The van der Waals surface area contributed by atoms with E-state index in [2.05, 4.69) is 6.92 Å². The highest BCUT2D eigenvalue weighted by Crippen LogP contribution is 2.33. The first-order valence-electron chi connectivity index (χ1n) is 6.80. The van der Waals surface area contributed by atoms with E-state index in [9.17, 15) is 14.7 Å². The van der Waals surface area contributed by atoms with Crippen molar-refractivity contribution >= 4 is 23.5 Å². The van der Waals surface area contributed by atoms with Gasteiger partial charge in [-0.3, -0.25) is 4.79 Å². The van der Waals surface area contributed by atoms with Crippen LogP contribution in [0.1, 0.15) is 30.9 Å². The Bertz CT molecular complexity index is 642. The third-order valence-corrected chi connectivity index (χ3v) is 3.35. The zero-order chi connectivity index (χ0) is 15.4. The summed E-state index contributed by atoms with van der Waals surface area (Å²) in [6.45, 7) is 2.67. The predicted octanol–water partition coefficient (Wildman–Crippen LogP) is 1.32. The SMILES string of the molecule is CCCCOc1ccc2c(c1)C=C(C(N)=O)C(O)C2=C=O. The van der Waals surface area contributed by atoms with E-state index >= 15 is 0 Å². The lowest BCUT2D eigenvalue weighted by molar-refractivity contribution is -0.115. The number of carbonyl (C=O) groups is 1. The van der Waals surface area contributed by atoms with Gasteiger partial charge in [-0.15, -0.1) is 0 Å². The van der Waals surface area contributed by atoms with Gasteiger partial charge in [0.1, 0.15) is 17.8 Å². The van der Waals surface area contributed by atoms with Gasteiger partial charge >= 0.3 is 0 Å². The maximum atomic E-state index is 11.4. The molecule has 0 heterocycles. The van der Waals surface area contributed by atoms with E-state index in [-0.39, 0.29) is 11.1 Å². The Morgan fingerprint density at radius 3 is 2.86 bits per heavy atom. The molecule has 1 aromatic rings. The standard InChI is InChI=1S/C16H17NO4/c1-2-3-6-21-11-4-5-12-10(7-11)8-13(16(17)20)15(19)14(12)9-18/h4-5,7-8,15,19H,2-3,6H2,1H3,(H2,17,20). The molecule has 1 atom stereocenters. The Labute approximate surface area is 122 Å². The average molecular weight is 287 g/mol. The minimum atomic E-state index is -1.33. The van der Waals surface area contributed by atoms with Gasteiger partial charge in [-0.25, -0.2) is 4.79 Å². The Hall–Kier alpha value is -2.36. The fourth-order valence-electron chi connectivity index (χ4n) is 2.20. The molecule has 0 aliphatic heterocycles. The number of ether oxygens (including phenoxy) is 1. The molecular weight excluding hydrogens is 270 g/mol. The third kappa shape index (κ3) is 3.05. The molecule has 1 aliphatic carbocycles. The van der Waals surface area contributed by atoms with Gasteiger partial charge < -0.3 is 15.6 Å². The molecule has 0 spiro atoms. The van der Waals surface area contributed by atoms with Crippen molar-refractivity contribution in [2.75, 3.05) is 6.61 Å². The summed E-state index contributed by atoms with van der Waals surface area (Å²) >= 11 is 0. The first-order valence-corrected chi connectivity index (χ1v) is 6.80. The monoisotopic (exact) mass is 287 g/mol. The van der Waals surface area contributed by atoms with Gasteiger partial charge in [-0.2, -0.15) is 0 Å². The lowest BCUT2D eigenvalue weighted by Crippen LogP contribution is -2.27. The fourth-order valence-corrected chi connectivity index (χ4v) is 2.20. The van der Waals surface area contributed by atoms with Gasteiger partial charge in [0.2, 0.25) is 5.91 Å². The molecule has 0 saturated carbocycles. The van der Waals surface area contributed by atoms with Gasteiger partial charge in [0.05, 0.1) is 17.8 Å². The number of benzene rings is 1. The fraction of sp³-hybridized carbons (Fsp3) is 0.312. The summed E-state index contributed by atoms with van der Waals surface area (Å²) in [5.41, 5.74) is 6.36. The summed E-state index contributed by atoms with van der Waals surface area (Å²) in [4.78, 5) is 22.4.